The van der Waals surface area contributed by atoms with E-state index in [9.17, 15) is 4.79 Å². The number of nitrogens with zero attached hydrogens (tertiary/aromatic N) is 5. The van der Waals surface area contributed by atoms with E-state index >= 15 is 0 Å². The fourth-order valence-corrected chi connectivity index (χ4v) is 5.65. The van der Waals surface area contributed by atoms with E-state index in [-0.39, 0.29) is 5.91 Å². The molecule has 2 aliphatic heterocycles. The Bertz CT molecular complexity index is 1010. The molecule has 0 N–H and O–H groups in total. The van der Waals surface area contributed by atoms with E-state index in [2.05, 4.69) is 56.1 Å². The van der Waals surface area contributed by atoms with E-state index < -0.39 is 0 Å². The van der Waals surface area contributed by atoms with Crippen molar-refractivity contribution in [3.05, 3.63) is 58.9 Å². The second-order valence-electron chi connectivity index (χ2n) is 9.06. The molecule has 5 rings (SSSR count). The van der Waals surface area contributed by atoms with Gasteiger partial charge in [0, 0.05) is 63.9 Å². The fraction of sp³-hybridized carbons (Fsp3) is 0.520. The summed E-state index contributed by atoms with van der Waals surface area (Å²) in [6.07, 6.45) is 8.02. The lowest BCUT2D eigenvalue weighted by Gasteiger charge is -2.34. The van der Waals surface area contributed by atoms with Gasteiger partial charge in [0.25, 0.3) is 5.91 Å². The summed E-state index contributed by atoms with van der Waals surface area (Å²) in [7, 11) is 0. The molecule has 7 heteroatoms. The quantitative estimate of drug-likeness (QED) is 0.585. The molecule has 4 heterocycles. The zero-order chi connectivity index (χ0) is 21.8. The lowest BCUT2D eigenvalue weighted by atomic mass is 10.1. The van der Waals surface area contributed by atoms with Gasteiger partial charge in [-0.05, 0) is 18.4 Å². The van der Waals surface area contributed by atoms with Crippen LogP contribution in [0.2, 0.25) is 0 Å². The Morgan fingerprint density at radius 3 is 2.22 bits per heavy atom. The Labute approximate surface area is 194 Å². The van der Waals surface area contributed by atoms with Crippen LogP contribution in [0.5, 0.6) is 0 Å². The number of amides is 1. The van der Waals surface area contributed by atoms with Gasteiger partial charge in [-0.1, -0.05) is 49.6 Å². The maximum absolute atomic E-state index is 13.5. The van der Waals surface area contributed by atoms with E-state index in [0.29, 0.717) is 5.69 Å². The summed E-state index contributed by atoms with van der Waals surface area (Å²) < 4.78 is 2.14. The largest absolute Gasteiger partial charge is 0.337 e. The Kier molecular flexibility index (Phi) is 6.86. The summed E-state index contributed by atoms with van der Waals surface area (Å²) in [4.78, 5) is 26.2. The number of likely N-dealkylation sites (tertiary alicyclic amines) is 1. The Morgan fingerprint density at radius 2 is 1.50 bits per heavy atom. The molecule has 0 bridgehead atoms. The average Bonchev–Trinajstić information content (AvgIpc) is 3.38. The first kappa shape index (κ1) is 21.6. The number of hydrogen-bond acceptors (Lipinski definition) is 5. The number of carbonyl (C=O) groups excluding carboxylic acids is 1. The zero-order valence-corrected chi connectivity index (χ0v) is 19.6. The Balaban J connectivity index is 1.27. The van der Waals surface area contributed by atoms with Crippen molar-refractivity contribution in [2.24, 2.45) is 0 Å². The van der Waals surface area contributed by atoms with Crippen LogP contribution < -0.4 is 0 Å². The number of carbonyl (C=O) groups is 1. The van der Waals surface area contributed by atoms with Crippen LogP contribution in [0.3, 0.4) is 0 Å². The maximum Gasteiger partial charge on any atom is 0.274 e. The molecule has 2 aromatic heterocycles. The van der Waals surface area contributed by atoms with Crippen LogP contribution in [0.15, 0.2) is 41.9 Å². The molecule has 2 aliphatic rings. The van der Waals surface area contributed by atoms with Crippen molar-refractivity contribution in [2.75, 3.05) is 39.3 Å². The van der Waals surface area contributed by atoms with Crippen molar-refractivity contribution in [3.63, 3.8) is 0 Å². The molecule has 3 aromatic rings. The van der Waals surface area contributed by atoms with Crippen molar-refractivity contribution in [2.45, 2.75) is 45.2 Å². The fourth-order valence-electron chi connectivity index (χ4n) is 4.91. The first-order valence-corrected chi connectivity index (χ1v) is 12.9. The van der Waals surface area contributed by atoms with Crippen LogP contribution in [0, 0.1) is 0 Å². The molecular weight excluding hydrogens is 418 g/mol. The van der Waals surface area contributed by atoms with E-state index in [4.69, 9.17) is 4.98 Å². The molecule has 0 unspecified atom stereocenters. The molecule has 32 heavy (non-hydrogen) atoms. The highest BCUT2D eigenvalue weighted by atomic mass is 32.1. The van der Waals surface area contributed by atoms with Crippen molar-refractivity contribution < 1.29 is 4.79 Å². The summed E-state index contributed by atoms with van der Waals surface area (Å²) >= 11 is 1.61. The zero-order valence-electron chi connectivity index (χ0n) is 18.8. The molecule has 0 spiro atoms. The van der Waals surface area contributed by atoms with Crippen LogP contribution in [0.25, 0.3) is 4.96 Å². The molecule has 0 aliphatic carbocycles. The minimum absolute atomic E-state index is 0.125. The normalized spacial score (nSPS) is 19.2. The van der Waals surface area contributed by atoms with Crippen molar-refractivity contribution in [3.8, 4) is 0 Å². The van der Waals surface area contributed by atoms with Gasteiger partial charge in [0.15, 0.2) is 10.7 Å². The van der Waals surface area contributed by atoms with Crippen LogP contribution in [0.4, 0.5) is 0 Å². The van der Waals surface area contributed by atoms with Crippen molar-refractivity contribution in [1.82, 2.24) is 24.1 Å². The number of benzene rings is 1. The van der Waals surface area contributed by atoms with Crippen molar-refractivity contribution >= 4 is 22.2 Å². The van der Waals surface area contributed by atoms with E-state index in [1.165, 1.54) is 24.8 Å². The SMILES string of the molecule is O=C(c1nc2sccn2c1CN1CCN(Cc2ccccc2)CC1)N1CCCCCCC1. The number of piperazine rings is 1. The van der Waals surface area contributed by atoms with Gasteiger partial charge in [0.05, 0.1) is 5.69 Å². The van der Waals surface area contributed by atoms with Gasteiger partial charge in [0.2, 0.25) is 0 Å². The van der Waals surface area contributed by atoms with Gasteiger partial charge in [-0.3, -0.25) is 19.0 Å². The summed E-state index contributed by atoms with van der Waals surface area (Å²) in [6, 6.07) is 10.7. The summed E-state index contributed by atoms with van der Waals surface area (Å²) in [6.45, 7) is 7.65. The number of rotatable bonds is 5. The molecule has 1 aromatic carbocycles. The lowest BCUT2D eigenvalue weighted by Crippen LogP contribution is -2.45. The molecule has 0 radical (unpaired) electrons. The highest BCUT2D eigenvalue weighted by molar-refractivity contribution is 7.15. The summed E-state index contributed by atoms with van der Waals surface area (Å²) in [5, 5.41) is 2.06. The van der Waals surface area contributed by atoms with Gasteiger partial charge in [-0.15, -0.1) is 11.3 Å². The number of imidazole rings is 1. The predicted octanol–water partition coefficient (Wildman–Crippen LogP) is 4.12. The number of fused-ring (bicyclic) bond motifs is 1. The maximum atomic E-state index is 13.5. The summed E-state index contributed by atoms with van der Waals surface area (Å²) in [5.74, 6) is 0.125. The molecule has 6 nitrogen and oxygen atoms in total. The van der Waals surface area contributed by atoms with E-state index in [0.717, 1.165) is 75.9 Å². The molecule has 0 atom stereocenters. The molecule has 2 fully saturated rings. The number of hydrogen-bond donors (Lipinski definition) is 0. The third-order valence-electron chi connectivity index (χ3n) is 6.79. The average molecular weight is 452 g/mol. The van der Waals surface area contributed by atoms with Gasteiger partial charge in [-0.2, -0.15) is 0 Å². The van der Waals surface area contributed by atoms with Gasteiger partial charge in [0.1, 0.15) is 0 Å². The molecular formula is C25H33N5OS. The Morgan fingerprint density at radius 1 is 0.844 bits per heavy atom. The van der Waals surface area contributed by atoms with Crippen molar-refractivity contribution in [1.29, 1.82) is 0 Å². The van der Waals surface area contributed by atoms with Crippen LogP contribution in [0.1, 0.15) is 53.8 Å². The number of aromatic nitrogens is 2. The van der Waals surface area contributed by atoms with Crippen LogP contribution in [-0.4, -0.2) is 69.3 Å². The highest BCUT2D eigenvalue weighted by Gasteiger charge is 2.27. The first-order valence-electron chi connectivity index (χ1n) is 12.0. The molecule has 1 amide bonds. The third-order valence-corrected chi connectivity index (χ3v) is 7.55. The standard InChI is InChI=1S/C25H33N5OS/c31-24(29-11-7-2-1-3-8-12-29)23-22(30-17-18-32-25(30)26-23)20-28-15-13-27(14-16-28)19-21-9-5-4-6-10-21/h4-6,9-10,17-18H,1-3,7-8,11-16,19-20H2. The second kappa shape index (κ2) is 10.1. The topological polar surface area (TPSA) is 44.1 Å². The van der Waals surface area contributed by atoms with Crippen LogP contribution in [-0.2, 0) is 13.1 Å². The van der Waals surface area contributed by atoms with Gasteiger partial charge in [-0.25, -0.2) is 4.98 Å². The molecule has 0 saturated carbocycles. The lowest BCUT2D eigenvalue weighted by molar-refractivity contribution is 0.0732. The summed E-state index contributed by atoms with van der Waals surface area (Å²) in [5.41, 5.74) is 3.10. The monoisotopic (exact) mass is 451 g/mol. The van der Waals surface area contributed by atoms with E-state index in [1.54, 1.807) is 11.3 Å². The smallest absolute Gasteiger partial charge is 0.274 e. The van der Waals surface area contributed by atoms with E-state index in [1.807, 2.05) is 4.90 Å². The minimum atomic E-state index is 0.125. The highest BCUT2D eigenvalue weighted by Crippen LogP contribution is 2.23. The van der Waals surface area contributed by atoms with Gasteiger partial charge >= 0.3 is 0 Å². The molecule has 170 valence electrons. The van der Waals surface area contributed by atoms with Gasteiger partial charge < -0.3 is 4.90 Å². The third kappa shape index (κ3) is 4.90. The first-order chi connectivity index (χ1) is 15.8. The molecule has 2 saturated heterocycles. The number of thiazole rings is 1. The second-order valence-corrected chi connectivity index (χ2v) is 9.93. The van der Waals surface area contributed by atoms with Crippen LogP contribution >= 0.6 is 11.3 Å². The Hall–Kier alpha value is -2.22. The predicted molar refractivity (Wildman–Crippen MR) is 129 cm³/mol. The minimum Gasteiger partial charge on any atom is -0.337 e.